The smallest absolute Gasteiger partial charge is 0.184 e. The number of hydrazone groups is 2. The van der Waals surface area contributed by atoms with Crippen LogP contribution in [0.1, 0.15) is 39.5 Å². The van der Waals surface area contributed by atoms with Gasteiger partial charge in [-0.2, -0.15) is 10.2 Å². The number of unbranched alkanes of at least 4 members (excludes halogenated alkanes) is 2. The third kappa shape index (κ3) is 8.82. The summed E-state index contributed by atoms with van der Waals surface area (Å²) in [7, 11) is 0. The molecule has 0 atom stereocenters. The van der Waals surface area contributed by atoms with E-state index in [1.807, 2.05) is 6.92 Å². The highest BCUT2D eigenvalue weighted by atomic mass is 32.1. The molecule has 0 saturated heterocycles. The molecule has 0 spiro atoms. The number of nitrogens with one attached hydrogen (secondary N) is 2. The second kappa shape index (κ2) is 9.72. The van der Waals surface area contributed by atoms with Crippen molar-refractivity contribution >= 4 is 46.1 Å². The Morgan fingerprint density at radius 2 is 1.61 bits per heavy atom. The van der Waals surface area contributed by atoms with Crippen LogP contribution in [0.5, 0.6) is 0 Å². The molecule has 0 saturated carbocycles. The van der Waals surface area contributed by atoms with E-state index in [0.717, 1.165) is 31.4 Å². The number of rotatable bonds is 7. The van der Waals surface area contributed by atoms with Crippen molar-refractivity contribution in [3.8, 4) is 0 Å². The average molecular weight is 288 g/mol. The van der Waals surface area contributed by atoms with Crippen molar-refractivity contribution in [2.24, 2.45) is 21.7 Å². The molecule has 0 aliphatic heterocycles. The fraction of sp³-hybridized carbons (Fsp3) is 0.600. The van der Waals surface area contributed by atoms with Crippen LogP contribution in [0.25, 0.3) is 0 Å². The van der Waals surface area contributed by atoms with Gasteiger partial charge in [-0.1, -0.05) is 19.8 Å². The van der Waals surface area contributed by atoms with E-state index < -0.39 is 0 Å². The van der Waals surface area contributed by atoms with E-state index in [9.17, 15) is 0 Å². The number of nitrogens with zero attached hydrogens (tertiary/aromatic N) is 2. The lowest BCUT2D eigenvalue weighted by Gasteiger charge is -2.07. The van der Waals surface area contributed by atoms with Gasteiger partial charge in [0.2, 0.25) is 0 Å². The second-order valence-electron chi connectivity index (χ2n) is 3.66. The molecule has 6 N–H and O–H groups in total. The van der Waals surface area contributed by atoms with Crippen molar-refractivity contribution in [2.45, 2.75) is 39.5 Å². The van der Waals surface area contributed by atoms with Gasteiger partial charge in [0, 0.05) is 0 Å². The summed E-state index contributed by atoms with van der Waals surface area (Å²) in [4.78, 5) is 0. The molecule has 18 heavy (non-hydrogen) atoms. The Balaban J connectivity index is 4.62. The zero-order valence-electron chi connectivity index (χ0n) is 10.7. The van der Waals surface area contributed by atoms with E-state index in [2.05, 4.69) is 40.2 Å². The second-order valence-corrected chi connectivity index (χ2v) is 4.54. The largest absolute Gasteiger partial charge is 0.375 e. The summed E-state index contributed by atoms with van der Waals surface area (Å²) in [6, 6.07) is 0. The molecule has 102 valence electrons. The van der Waals surface area contributed by atoms with E-state index in [1.165, 1.54) is 0 Å². The van der Waals surface area contributed by atoms with Gasteiger partial charge < -0.3 is 11.5 Å². The van der Waals surface area contributed by atoms with Gasteiger partial charge in [-0.3, -0.25) is 10.9 Å². The summed E-state index contributed by atoms with van der Waals surface area (Å²) in [5.74, 6) is 0. The Morgan fingerprint density at radius 3 is 2.11 bits per heavy atom. The molecule has 0 rings (SSSR count). The molecule has 0 aliphatic rings. The average Bonchev–Trinajstić information content (AvgIpc) is 2.30. The molecule has 8 heteroatoms. The van der Waals surface area contributed by atoms with Crippen LogP contribution in [0, 0.1) is 0 Å². The summed E-state index contributed by atoms with van der Waals surface area (Å²) in [5.41, 5.74) is 17.2. The Kier molecular flexibility index (Phi) is 9.03. The molecule has 0 aromatic rings. The lowest BCUT2D eigenvalue weighted by molar-refractivity contribution is 0.741. The first-order chi connectivity index (χ1) is 8.47. The Bertz CT molecular complexity index is 350. The van der Waals surface area contributed by atoms with E-state index in [1.54, 1.807) is 0 Å². The molecular formula is C10H20N6S2. The fourth-order valence-corrected chi connectivity index (χ4v) is 1.28. The molecule has 6 nitrogen and oxygen atoms in total. The van der Waals surface area contributed by atoms with Gasteiger partial charge in [-0.05, 0) is 44.2 Å². The predicted molar refractivity (Wildman–Crippen MR) is 84.5 cm³/mol. The third-order valence-corrected chi connectivity index (χ3v) is 2.25. The van der Waals surface area contributed by atoms with E-state index in [0.29, 0.717) is 5.71 Å². The number of thiocarbonyl (C=S) groups is 2. The topological polar surface area (TPSA) is 101 Å². The predicted octanol–water partition coefficient (Wildman–Crippen LogP) is 0.965. The van der Waals surface area contributed by atoms with Crippen molar-refractivity contribution in [3.63, 3.8) is 0 Å². The molecule has 0 aliphatic carbocycles. The first kappa shape index (κ1) is 16.7. The highest BCUT2D eigenvalue weighted by molar-refractivity contribution is 7.80. The summed E-state index contributed by atoms with van der Waals surface area (Å²) in [6.07, 6.45) is 4.07. The van der Waals surface area contributed by atoms with E-state index in [-0.39, 0.29) is 10.2 Å². The van der Waals surface area contributed by atoms with Crippen LogP contribution in [0.4, 0.5) is 0 Å². The first-order valence-corrected chi connectivity index (χ1v) is 6.51. The van der Waals surface area contributed by atoms with E-state index >= 15 is 0 Å². The normalized spacial score (nSPS) is 12.1. The van der Waals surface area contributed by atoms with Crippen LogP contribution in [-0.2, 0) is 0 Å². The molecule has 0 heterocycles. The van der Waals surface area contributed by atoms with Crippen molar-refractivity contribution in [1.29, 1.82) is 0 Å². The van der Waals surface area contributed by atoms with Gasteiger partial charge in [0.25, 0.3) is 0 Å². The summed E-state index contributed by atoms with van der Waals surface area (Å²) < 4.78 is 0. The highest BCUT2D eigenvalue weighted by Crippen LogP contribution is 2.02. The zero-order valence-corrected chi connectivity index (χ0v) is 12.3. The Labute approximate surface area is 118 Å². The van der Waals surface area contributed by atoms with Gasteiger partial charge in [0.1, 0.15) is 0 Å². The first-order valence-electron chi connectivity index (χ1n) is 5.69. The van der Waals surface area contributed by atoms with Crippen molar-refractivity contribution in [2.75, 3.05) is 0 Å². The summed E-state index contributed by atoms with van der Waals surface area (Å²) >= 11 is 9.38. The third-order valence-electron chi connectivity index (χ3n) is 2.07. The molecular weight excluding hydrogens is 268 g/mol. The lowest BCUT2D eigenvalue weighted by atomic mass is 10.1. The minimum Gasteiger partial charge on any atom is -0.375 e. The zero-order chi connectivity index (χ0) is 14.0. The number of hydrogen-bond donors (Lipinski definition) is 4. The van der Waals surface area contributed by atoms with Gasteiger partial charge in [-0.15, -0.1) is 0 Å². The summed E-state index contributed by atoms with van der Waals surface area (Å²) in [5, 5.41) is 8.38. The maximum absolute atomic E-state index is 5.33. The maximum atomic E-state index is 5.33. The monoisotopic (exact) mass is 288 g/mol. The molecule has 0 aromatic heterocycles. The van der Waals surface area contributed by atoms with Crippen LogP contribution < -0.4 is 22.3 Å². The minimum absolute atomic E-state index is 0.115. The standard InChI is InChI=1S/C10H20N6S2/c1-3-4-5-6-8(14-16-10(12)18)7(2)13-15-9(11)17/h3-6H2,1-2H3,(H3,11,15,17)(H3,12,16,18). The Morgan fingerprint density at radius 1 is 1.06 bits per heavy atom. The van der Waals surface area contributed by atoms with Gasteiger partial charge in [0.15, 0.2) is 10.2 Å². The lowest BCUT2D eigenvalue weighted by Crippen LogP contribution is -2.29. The SMILES string of the molecule is CCCCCC(=NNC(N)=S)C(C)=NNC(N)=S. The Hall–Kier alpha value is -1.28. The van der Waals surface area contributed by atoms with E-state index in [4.69, 9.17) is 23.7 Å². The van der Waals surface area contributed by atoms with Gasteiger partial charge >= 0.3 is 0 Å². The molecule has 0 radical (unpaired) electrons. The summed E-state index contributed by atoms with van der Waals surface area (Å²) in [6.45, 7) is 3.96. The maximum Gasteiger partial charge on any atom is 0.184 e. The molecule has 0 bridgehead atoms. The molecule has 0 amide bonds. The van der Waals surface area contributed by atoms with Gasteiger partial charge in [-0.25, -0.2) is 0 Å². The van der Waals surface area contributed by atoms with Crippen molar-refractivity contribution < 1.29 is 0 Å². The van der Waals surface area contributed by atoms with Crippen LogP contribution in [0.3, 0.4) is 0 Å². The van der Waals surface area contributed by atoms with Crippen LogP contribution >= 0.6 is 24.4 Å². The highest BCUT2D eigenvalue weighted by Gasteiger charge is 2.05. The van der Waals surface area contributed by atoms with Gasteiger partial charge in [0.05, 0.1) is 11.4 Å². The molecule has 0 unspecified atom stereocenters. The number of nitrogens with two attached hydrogens (primary N) is 2. The molecule has 0 aromatic carbocycles. The molecule has 0 fully saturated rings. The van der Waals surface area contributed by atoms with Crippen LogP contribution in [0.2, 0.25) is 0 Å². The minimum atomic E-state index is 0.115. The van der Waals surface area contributed by atoms with Crippen molar-refractivity contribution in [1.82, 2.24) is 10.9 Å². The quantitative estimate of drug-likeness (QED) is 0.241. The number of hydrogen-bond acceptors (Lipinski definition) is 4. The fourth-order valence-electron chi connectivity index (χ4n) is 1.19. The van der Waals surface area contributed by atoms with Crippen molar-refractivity contribution in [3.05, 3.63) is 0 Å². The van der Waals surface area contributed by atoms with Crippen LogP contribution in [-0.4, -0.2) is 21.6 Å². The van der Waals surface area contributed by atoms with Crippen LogP contribution in [0.15, 0.2) is 10.2 Å².